The zero-order valence-electron chi connectivity index (χ0n) is 11.9. The molecule has 0 atom stereocenters. The lowest BCUT2D eigenvalue weighted by Crippen LogP contribution is -2.17. The van der Waals surface area contributed by atoms with Crippen molar-refractivity contribution in [2.75, 3.05) is 0 Å². The lowest BCUT2D eigenvalue weighted by Gasteiger charge is -2.06. The number of nitro groups is 1. The van der Waals surface area contributed by atoms with Crippen LogP contribution in [0.5, 0.6) is 0 Å². The third-order valence-corrected chi connectivity index (χ3v) is 2.91. The molecule has 0 aliphatic carbocycles. The smallest absolute Gasteiger partial charge is 0.267 e. The van der Waals surface area contributed by atoms with Crippen molar-refractivity contribution in [3.05, 3.63) is 75.3 Å². The maximum atomic E-state index is 12.6. The largest absolute Gasteiger partial charge is 0.416 e. The Balaban J connectivity index is 2.08. The van der Waals surface area contributed by atoms with Crippen LogP contribution in [0.1, 0.15) is 21.5 Å². The molecule has 0 radical (unpaired) electrons. The number of nitrogens with one attached hydrogen (secondary N) is 1. The summed E-state index contributed by atoms with van der Waals surface area (Å²) in [6.45, 7) is 0. The predicted octanol–water partition coefficient (Wildman–Crippen LogP) is 3.38. The van der Waals surface area contributed by atoms with E-state index in [0.29, 0.717) is 0 Å². The van der Waals surface area contributed by atoms with E-state index < -0.39 is 22.6 Å². The molecule has 0 bridgehead atoms. The molecule has 6 nitrogen and oxygen atoms in total. The summed E-state index contributed by atoms with van der Waals surface area (Å²) < 4.78 is 37.7. The summed E-state index contributed by atoms with van der Waals surface area (Å²) in [5.41, 5.74) is 1.15. The Labute approximate surface area is 133 Å². The summed E-state index contributed by atoms with van der Waals surface area (Å²) in [6, 6.07) is 9.37. The van der Waals surface area contributed by atoms with Gasteiger partial charge in [0.25, 0.3) is 11.6 Å². The number of benzene rings is 2. The number of alkyl halides is 3. The van der Waals surface area contributed by atoms with Gasteiger partial charge in [-0.2, -0.15) is 18.3 Å². The fourth-order valence-corrected chi connectivity index (χ4v) is 1.79. The summed E-state index contributed by atoms with van der Waals surface area (Å²) in [6.07, 6.45) is -3.43. The van der Waals surface area contributed by atoms with Gasteiger partial charge >= 0.3 is 6.18 Å². The Bertz CT molecular complexity index is 804. The van der Waals surface area contributed by atoms with Crippen LogP contribution in [0.4, 0.5) is 18.9 Å². The van der Waals surface area contributed by atoms with E-state index in [9.17, 15) is 28.1 Å². The summed E-state index contributed by atoms with van der Waals surface area (Å²) in [5.74, 6) is -0.720. The molecule has 0 unspecified atom stereocenters. The third kappa shape index (κ3) is 4.38. The van der Waals surface area contributed by atoms with Crippen molar-refractivity contribution in [3.8, 4) is 0 Å². The average Bonchev–Trinajstić information content (AvgIpc) is 2.54. The van der Waals surface area contributed by atoms with E-state index in [0.717, 1.165) is 24.4 Å². The van der Waals surface area contributed by atoms with Crippen LogP contribution in [0.25, 0.3) is 0 Å². The van der Waals surface area contributed by atoms with Crippen LogP contribution in [0.15, 0.2) is 53.6 Å². The van der Waals surface area contributed by atoms with Gasteiger partial charge in [0.1, 0.15) is 0 Å². The molecule has 0 aliphatic rings. The summed E-state index contributed by atoms with van der Waals surface area (Å²) in [5, 5.41) is 14.2. The van der Waals surface area contributed by atoms with E-state index >= 15 is 0 Å². The first-order valence-electron chi connectivity index (χ1n) is 6.52. The number of rotatable bonds is 4. The van der Waals surface area contributed by atoms with Gasteiger partial charge in [0.15, 0.2) is 0 Å². The van der Waals surface area contributed by atoms with E-state index in [4.69, 9.17) is 0 Å². The average molecular weight is 337 g/mol. The molecular formula is C15H10F3N3O3. The van der Waals surface area contributed by atoms with Crippen molar-refractivity contribution < 1.29 is 22.9 Å². The van der Waals surface area contributed by atoms with Gasteiger partial charge in [0, 0.05) is 17.7 Å². The Kier molecular flexibility index (Phi) is 4.93. The molecule has 2 aromatic carbocycles. The van der Waals surface area contributed by atoms with Crippen molar-refractivity contribution >= 4 is 17.8 Å². The molecule has 9 heteroatoms. The second-order valence-corrected chi connectivity index (χ2v) is 4.63. The van der Waals surface area contributed by atoms with E-state index in [-0.39, 0.29) is 16.8 Å². The molecule has 0 aromatic heterocycles. The number of amides is 1. The molecule has 2 aromatic rings. The standard InChI is InChI=1S/C15H10F3N3O3/c16-15(17,18)12-5-1-3-10(7-12)9-19-20-14(22)11-4-2-6-13(8-11)21(23)24/h1-9H,(H,20,22). The molecule has 124 valence electrons. The number of nitrogens with zero attached hydrogens (tertiary/aromatic N) is 2. The van der Waals surface area contributed by atoms with Gasteiger partial charge in [-0.3, -0.25) is 14.9 Å². The van der Waals surface area contributed by atoms with Crippen LogP contribution in [-0.4, -0.2) is 17.0 Å². The Morgan fingerprint density at radius 3 is 2.54 bits per heavy atom. The number of hydrogen-bond acceptors (Lipinski definition) is 4. The molecule has 0 fully saturated rings. The van der Waals surface area contributed by atoms with Crippen molar-refractivity contribution in [2.24, 2.45) is 5.10 Å². The van der Waals surface area contributed by atoms with Gasteiger partial charge in [-0.1, -0.05) is 18.2 Å². The van der Waals surface area contributed by atoms with Crippen molar-refractivity contribution in [1.29, 1.82) is 0 Å². The van der Waals surface area contributed by atoms with Crippen LogP contribution < -0.4 is 5.43 Å². The van der Waals surface area contributed by atoms with E-state index in [1.165, 1.54) is 30.3 Å². The minimum absolute atomic E-state index is 0.00499. The second kappa shape index (κ2) is 6.90. The maximum Gasteiger partial charge on any atom is 0.416 e. The molecule has 0 saturated heterocycles. The fraction of sp³-hybridized carbons (Fsp3) is 0.0667. The molecule has 0 aliphatic heterocycles. The molecule has 1 N–H and O–H groups in total. The van der Waals surface area contributed by atoms with E-state index in [1.54, 1.807) is 0 Å². The van der Waals surface area contributed by atoms with Gasteiger partial charge < -0.3 is 0 Å². The second-order valence-electron chi connectivity index (χ2n) is 4.63. The molecule has 0 spiro atoms. The van der Waals surface area contributed by atoms with Gasteiger partial charge in [-0.25, -0.2) is 5.43 Å². The highest BCUT2D eigenvalue weighted by Crippen LogP contribution is 2.29. The highest BCUT2D eigenvalue weighted by molar-refractivity contribution is 5.95. The topological polar surface area (TPSA) is 84.6 Å². The zero-order valence-corrected chi connectivity index (χ0v) is 11.9. The monoisotopic (exact) mass is 337 g/mol. The minimum Gasteiger partial charge on any atom is -0.267 e. The van der Waals surface area contributed by atoms with Crippen LogP contribution >= 0.6 is 0 Å². The lowest BCUT2D eigenvalue weighted by atomic mass is 10.1. The van der Waals surface area contributed by atoms with Crippen molar-refractivity contribution in [3.63, 3.8) is 0 Å². The van der Waals surface area contributed by atoms with Gasteiger partial charge in [0.05, 0.1) is 16.7 Å². The SMILES string of the molecule is O=C(NN=Cc1cccc(C(F)(F)F)c1)c1cccc([N+](=O)[O-])c1. The lowest BCUT2D eigenvalue weighted by molar-refractivity contribution is -0.384. The van der Waals surface area contributed by atoms with Crippen LogP contribution in [0, 0.1) is 10.1 Å². The highest BCUT2D eigenvalue weighted by atomic mass is 19.4. The minimum atomic E-state index is -4.48. The Morgan fingerprint density at radius 2 is 1.88 bits per heavy atom. The summed E-state index contributed by atoms with van der Waals surface area (Å²) in [7, 11) is 0. The maximum absolute atomic E-state index is 12.6. The number of halogens is 3. The number of hydrazone groups is 1. The van der Waals surface area contributed by atoms with Gasteiger partial charge in [-0.15, -0.1) is 0 Å². The Morgan fingerprint density at radius 1 is 1.17 bits per heavy atom. The Hall–Kier alpha value is -3.23. The van der Waals surface area contributed by atoms with Gasteiger partial charge in [-0.05, 0) is 23.8 Å². The molecule has 0 heterocycles. The summed E-state index contributed by atoms with van der Waals surface area (Å²) >= 11 is 0. The molecule has 24 heavy (non-hydrogen) atoms. The normalized spacial score (nSPS) is 11.5. The third-order valence-electron chi connectivity index (χ3n) is 2.91. The van der Waals surface area contributed by atoms with E-state index in [2.05, 4.69) is 10.5 Å². The number of hydrogen-bond donors (Lipinski definition) is 1. The summed E-state index contributed by atoms with van der Waals surface area (Å²) in [4.78, 5) is 21.8. The number of carbonyl (C=O) groups is 1. The van der Waals surface area contributed by atoms with Crippen molar-refractivity contribution in [1.82, 2.24) is 5.43 Å². The highest BCUT2D eigenvalue weighted by Gasteiger charge is 2.30. The van der Waals surface area contributed by atoms with Crippen LogP contribution in [0.3, 0.4) is 0 Å². The fourth-order valence-electron chi connectivity index (χ4n) is 1.79. The zero-order chi connectivity index (χ0) is 17.7. The number of nitro benzene ring substituents is 1. The predicted molar refractivity (Wildman–Crippen MR) is 79.6 cm³/mol. The number of carbonyl (C=O) groups excluding carboxylic acids is 1. The quantitative estimate of drug-likeness (QED) is 0.527. The van der Waals surface area contributed by atoms with E-state index in [1.807, 2.05) is 0 Å². The molecular weight excluding hydrogens is 327 g/mol. The molecule has 2 rings (SSSR count). The van der Waals surface area contributed by atoms with Crippen molar-refractivity contribution in [2.45, 2.75) is 6.18 Å². The van der Waals surface area contributed by atoms with Crippen LogP contribution in [0.2, 0.25) is 0 Å². The first-order valence-corrected chi connectivity index (χ1v) is 6.52. The molecule has 0 saturated carbocycles. The first kappa shape index (κ1) is 17.1. The first-order chi connectivity index (χ1) is 11.3. The van der Waals surface area contributed by atoms with Gasteiger partial charge in [0.2, 0.25) is 0 Å². The number of non-ortho nitro benzene ring substituents is 1. The van der Waals surface area contributed by atoms with Crippen LogP contribution in [-0.2, 0) is 6.18 Å². The molecule has 1 amide bonds.